The van der Waals surface area contributed by atoms with Crippen LogP contribution in [0.3, 0.4) is 0 Å². The number of carbonyl (C=O) groups is 2. The van der Waals surface area contributed by atoms with Crippen molar-refractivity contribution in [2.24, 2.45) is 20.0 Å². The number of aromatic hydroxyl groups is 1. The molecule has 0 radical (unpaired) electrons. The molecule has 15 heteroatoms. The lowest BCUT2D eigenvalue weighted by Gasteiger charge is -2.38. The molecule has 13 nitrogen and oxygen atoms in total. The fourth-order valence-corrected chi connectivity index (χ4v) is 9.03. The van der Waals surface area contributed by atoms with Crippen molar-refractivity contribution < 1.29 is 28.2 Å². The number of fused-ring (bicyclic) bond motifs is 3. The normalized spacial score (nSPS) is 18.5. The van der Waals surface area contributed by atoms with E-state index in [1.165, 1.54) is 26.9 Å². The Hall–Kier alpha value is -6.35. The number of aryl methyl sites for hydroxylation is 2. The van der Waals surface area contributed by atoms with E-state index < -0.39 is 30.0 Å². The van der Waals surface area contributed by atoms with Crippen LogP contribution in [0.25, 0.3) is 44.1 Å². The molecular weight excluding hydrogens is 761 g/mol. The quantitative estimate of drug-likeness (QED) is 0.198. The SMILES string of the molecule is COc1cc(-c2cn(C)c(=O)c3cnc(N4CC(C)C4)cc23)cc(O)c1CN1CCC(F)(F)c2ccc(-c3cccc4c3n(C)c(=O)n4C3CCC(=O)NC3=O)cc2C1. The number of hydrogen-bond acceptors (Lipinski definition) is 9. The Balaban J connectivity index is 1.06. The smallest absolute Gasteiger partial charge is 0.329 e. The molecule has 2 fully saturated rings. The third kappa shape index (κ3) is 6.44. The molecule has 0 aliphatic carbocycles. The van der Waals surface area contributed by atoms with E-state index in [9.17, 15) is 24.3 Å². The maximum Gasteiger partial charge on any atom is 0.329 e. The van der Waals surface area contributed by atoms with Crippen LogP contribution >= 0.6 is 0 Å². The highest BCUT2D eigenvalue weighted by Gasteiger charge is 2.38. The predicted molar refractivity (Wildman–Crippen MR) is 219 cm³/mol. The predicted octanol–water partition coefficient (Wildman–Crippen LogP) is 5.57. The van der Waals surface area contributed by atoms with Gasteiger partial charge in [-0.1, -0.05) is 31.2 Å². The third-order valence-electron chi connectivity index (χ3n) is 12.1. The van der Waals surface area contributed by atoms with E-state index >= 15 is 8.78 Å². The summed E-state index contributed by atoms with van der Waals surface area (Å²) in [5.41, 5.74) is 3.68. The highest BCUT2D eigenvalue weighted by molar-refractivity contribution is 6.01. The van der Waals surface area contributed by atoms with Gasteiger partial charge < -0.3 is 19.3 Å². The van der Waals surface area contributed by atoms with Gasteiger partial charge in [-0.05, 0) is 59.4 Å². The average Bonchev–Trinajstić information content (AvgIpc) is 3.37. The summed E-state index contributed by atoms with van der Waals surface area (Å²) < 4.78 is 41.9. The molecule has 59 heavy (non-hydrogen) atoms. The zero-order chi connectivity index (χ0) is 41.5. The molecule has 3 aliphatic heterocycles. The van der Waals surface area contributed by atoms with Gasteiger partial charge in [-0.2, -0.15) is 0 Å². The first kappa shape index (κ1) is 38.2. The topological polar surface area (TPSA) is 144 Å². The van der Waals surface area contributed by atoms with Crippen molar-refractivity contribution in [2.45, 2.75) is 51.2 Å². The number of nitrogens with zero attached hydrogens (tertiary/aromatic N) is 6. The van der Waals surface area contributed by atoms with Gasteiger partial charge in [0.15, 0.2) is 0 Å². The first-order valence-corrected chi connectivity index (χ1v) is 19.6. The number of amides is 2. The summed E-state index contributed by atoms with van der Waals surface area (Å²) in [5.74, 6) is -2.47. The Bertz CT molecular complexity index is 2860. The molecule has 1 atom stereocenters. The average molecular weight is 804 g/mol. The van der Waals surface area contributed by atoms with Gasteiger partial charge in [0.05, 0.1) is 23.5 Å². The number of piperidine rings is 1. The third-order valence-corrected chi connectivity index (χ3v) is 12.1. The Morgan fingerprint density at radius 2 is 1.78 bits per heavy atom. The van der Waals surface area contributed by atoms with E-state index in [-0.39, 0.29) is 55.3 Å². The number of para-hydroxylation sites is 1. The summed E-state index contributed by atoms with van der Waals surface area (Å²) in [7, 11) is 4.76. The molecule has 9 rings (SSSR count). The molecule has 2 N–H and O–H groups in total. The zero-order valence-corrected chi connectivity index (χ0v) is 33.1. The van der Waals surface area contributed by atoms with Crippen molar-refractivity contribution in [3.8, 4) is 33.8 Å². The number of methoxy groups -OCH3 is 1. The number of phenolic OH excluding ortho intramolecular Hbond substituents is 1. The van der Waals surface area contributed by atoms with Gasteiger partial charge in [-0.25, -0.2) is 18.6 Å². The van der Waals surface area contributed by atoms with Crippen LogP contribution in [0, 0.1) is 5.92 Å². The Kier molecular flexibility index (Phi) is 9.18. The van der Waals surface area contributed by atoms with E-state index in [1.807, 2.05) is 17.0 Å². The second-order valence-corrected chi connectivity index (χ2v) is 16.1. The molecule has 3 aromatic carbocycles. The first-order valence-electron chi connectivity index (χ1n) is 19.6. The standard InChI is InChI=1S/C44H43F2N7O6/c1-24-19-52(20-24)38-17-29-30(18-47-38)42(57)49(2)22-31(29)26-15-36(54)32(37(16-26)59-4)23-51-13-12-44(45,46)33-9-8-25(14-27(33)21-51)28-6-5-7-34-40(28)50(3)43(58)53(34)35-10-11-39(55)48-41(35)56/h5-9,14-18,22,24,35,54H,10-13,19-21,23H2,1-4H3,(H,48,55,56). The van der Waals surface area contributed by atoms with Crippen LogP contribution in [0.4, 0.5) is 14.6 Å². The van der Waals surface area contributed by atoms with Crippen molar-refractivity contribution in [1.29, 1.82) is 0 Å². The fraction of sp³-hybridized carbons (Fsp3) is 0.341. The summed E-state index contributed by atoms with van der Waals surface area (Å²) in [6.07, 6.45) is 3.17. The summed E-state index contributed by atoms with van der Waals surface area (Å²) in [5, 5.41) is 15.1. The molecule has 6 heterocycles. The summed E-state index contributed by atoms with van der Waals surface area (Å²) in [4.78, 5) is 60.0. The molecule has 2 saturated heterocycles. The first-order chi connectivity index (χ1) is 28.2. The number of halogens is 2. The van der Waals surface area contributed by atoms with Crippen LogP contribution in [0.15, 0.2) is 76.6 Å². The number of anilines is 1. The van der Waals surface area contributed by atoms with Crippen LogP contribution in [-0.2, 0) is 42.7 Å². The minimum atomic E-state index is -3.14. The maximum atomic E-state index is 15.9. The number of imide groups is 1. The van der Waals surface area contributed by atoms with Crippen LogP contribution in [0.2, 0.25) is 0 Å². The monoisotopic (exact) mass is 803 g/mol. The minimum Gasteiger partial charge on any atom is -0.507 e. The summed E-state index contributed by atoms with van der Waals surface area (Å²) in [6, 6.07) is 14.5. The maximum absolute atomic E-state index is 15.9. The molecule has 3 aliphatic rings. The van der Waals surface area contributed by atoms with E-state index in [2.05, 4.69) is 22.1 Å². The van der Waals surface area contributed by atoms with Crippen molar-refractivity contribution >= 4 is 39.4 Å². The fourth-order valence-electron chi connectivity index (χ4n) is 9.03. The second-order valence-electron chi connectivity index (χ2n) is 16.1. The number of alkyl halides is 2. The summed E-state index contributed by atoms with van der Waals surface area (Å²) >= 11 is 0. The van der Waals surface area contributed by atoms with Crippen molar-refractivity contribution in [3.05, 3.63) is 105 Å². The Morgan fingerprint density at radius 3 is 2.53 bits per heavy atom. The zero-order valence-electron chi connectivity index (χ0n) is 33.1. The van der Waals surface area contributed by atoms with Gasteiger partial charge in [0.1, 0.15) is 23.4 Å². The lowest BCUT2D eigenvalue weighted by Crippen LogP contribution is -2.45. The lowest BCUT2D eigenvalue weighted by atomic mass is 9.94. The van der Waals surface area contributed by atoms with E-state index in [1.54, 1.807) is 62.9 Å². The Labute approximate surface area is 337 Å². The van der Waals surface area contributed by atoms with Gasteiger partial charge in [-0.3, -0.25) is 33.7 Å². The molecular formula is C44H43F2N7O6. The van der Waals surface area contributed by atoms with E-state index in [4.69, 9.17) is 4.74 Å². The lowest BCUT2D eigenvalue weighted by molar-refractivity contribution is -0.135. The summed E-state index contributed by atoms with van der Waals surface area (Å²) in [6.45, 7) is 4.16. The number of benzene rings is 3. The van der Waals surface area contributed by atoms with E-state index in [0.29, 0.717) is 66.9 Å². The molecule has 304 valence electrons. The van der Waals surface area contributed by atoms with Crippen molar-refractivity contribution in [3.63, 3.8) is 0 Å². The molecule has 0 saturated carbocycles. The van der Waals surface area contributed by atoms with Crippen LogP contribution in [0.5, 0.6) is 11.5 Å². The number of ether oxygens (including phenoxy) is 1. The number of nitrogens with one attached hydrogen (secondary N) is 1. The van der Waals surface area contributed by atoms with Gasteiger partial charge >= 0.3 is 5.69 Å². The molecule has 2 amide bonds. The number of carbonyl (C=O) groups excluding carboxylic acids is 2. The number of rotatable bonds is 7. The van der Waals surface area contributed by atoms with Gasteiger partial charge in [0.25, 0.3) is 11.5 Å². The molecule has 3 aromatic heterocycles. The number of aromatic nitrogens is 4. The number of hydrogen-bond donors (Lipinski definition) is 2. The van der Waals surface area contributed by atoms with Crippen molar-refractivity contribution in [2.75, 3.05) is 31.6 Å². The number of pyridine rings is 2. The minimum absolute atomic E-state index is 0.0244. The second kappa shape index (κ2) is 14.2. The number of imidazole rings is 1. The van der Waals surface area contributed by atoms with Crippen LogP contribution in [0.1, 0.15) is 48.9 Å². The van der Waals surface area contributed by atoms with E-state index in [0.717, 1.165) is 18.9 Å². The van der Waals surface area contributed by atoms with Crippen molar-refractivity contribution in [1.82, 2.24) is 28.9 Å². The van der Waals surface area contributed by atoms with Gasteiger partial charge in [0, 0.05) is 99.7 Å². The highest BCUT2D eigenvalue weighted by atomic mass is 19.3. The largest absolute Gasteiger partial charge is 0.507 e. The van der Waals surface area contributed by atoms with Crippen LogP contribution < -0.4 is 26.2 Å². The van der Waals surface area contributed by atoms with Gasteiger partial charge in [-0.15, -0.1) is 0 Å². The molecule has 1 unspecified atom stereocenters. The number of phenols is 1. The molecule has 0 spiro atoms. The Morgan fingerprint density at radius 1 is 0.983 bits per heavy atom. The van der Waals surface area contributed by atoms with Crippen LogP contribution in [-0.4, -0.2) is 67.3 Å². The molecule has 6 aromatic rings. The highest BCUT2D eigenvalue weighted by Crippen LogP contribution is 2.43. The molecule has 0 bridgehead atoms. The van der Waals surface area contributed by atoms with Gasteiger partial charge in [0.2, 0.25) is 11.8 Å².